The zero-order chi connectivity index (χ0) is 20.5. The summed E-state index contributed by atoms with van der Waals surface area (Å²) in [6.45, 7) is 0.559. The van der Waals surface area contributed by atoms with E-state index < -0.39 is 21.7 Å². The van der Waals surface area contributed by atoms with E-state index in [2.05, 4.69) is 5.32 Å². The third-order valence-electron chi connectivity index (χ3n) is 5.29. The molecular weight excluding hydrogens is 396 g/mol. The molecule has 156 valence electrons. The van der Waals surface area contributed by atoms with Gasteiger partial charge in [-0.25, -0.2) is 8.42 Å². The highest BCUT2D eigenvalue weighted by Gasteiger charge is 2.48. The van der Waals surface area contributed by atoms with E-state index in [1.54, 1.807) is 18.2 Å². The predicted octanol–water partition coefficient (Wildman–Crippen LogP) is 0.344. The maximum atomic E-state index is 12.7. The van der Waals surface area contributed by atoms with Gasteiger partial charge in [0.25, 0.3) is 0 Å². The normalized spacial score (nSPS) is 24.1. The molecule has 3 N–H and O–H groups in total. The van der Waals surface area contributed by atoms with E-state index in [0.29, 0.717) is 18.7 Å². The third-order valence-corrected chi connectivity index (χ3v) is 7.11. The van der Waals surface area contributed by atoms with Gasteiger partial charge in [-0.05, 0) is 42.8 Å². The van der Waals surface area contributed by atoms with Crippen LogP contribution in [0.4, 0.5) is 0 Å². The summed E-state index contributed by atoms with van der Waals surface area (Å²) >= 11 is 0. The Balaban J connectivity index is 1.33. The number of ether oxygens (including phenoxy) is 2. The largest absolute Gasteiger partial charge is 0.454 e. The fourth-order valence-corrected chi connectivity index (χ4v) is 5.10. The van der Waals surface area contributed by atoms with Gasteiger partial charge in [0, 0.05) is 19.6 Å². The predicted molar refractivity (Wildman–Crippen MR) is 105 cm³/mol. The molecule has 1 fully saturated rings. The van der Waals surface area contributed by atoms with Crippen molar-refractivity contribution >= 4 is 10.0 Å². The molecule has 0 unspecified atom stereocenters. The molecule has 2 atom stereocenters. The molecule has 8 nitrogen and oxygen atoms in total. The topological polar surface area (TPSA) is 108 Å². The summed E-state index contributed by atoms with van der Waals surface area (Å²) in [4.78, 5) is 0.146. The molecule has 0 radical (unpaired) electrons. The number of β-amino-alcohol motifs (C(OH)–C–C–N with tert-alkyl or cyclic N) is 2. The molecule has 9 heteroatoms. The van der Waals surface area contributed by atoms with Crippen LogP contribution in [0.15, 0.2) is 53.4 Å². The second-order valence-electron chi connectivity index (χ2n) is 7.34. The van der Waals surface area contributed by atoms with Crippen molar-refractivity contribution < 1.29 is 28.1 Å². The SMILES string of the molecule is O=S(=O)(c1ccccc1)N1C[C@@H](O)[C@](O)(CNCCc2ccc3c(c2)OCO3)C1. The Morgan fingerprint density at radius 3 is 2.69 bits per heavy atom. The van der Waals surface area contributed by atoms with Crippen LogP contribution in [0.25, 0.3) is 0 Å². The highest BCUT2D eigenvalue weighted by Crippen LogP contribution is 2.32. The smallest absolute Gasteiger partial charge is 0.243 e. The highest BCUT2D eigenvalue weighted by molar-refractivity contribution is 7.89. The first-order chi connectivity index (χ1) is 13.9. The molecule has 0 amide bonds. The zero-order valence-corrected chi connectivity index (χ0v) is 16.6. The Labute approximate surface area is 169 Å². The molecule has 2 aliphatic rings. The van der Waals surface area contributed by atoms with Gasteiger partial charge in [0.2, 0.25) is 16.8 Å². The fourth-order valence-electron chi connectivity index (χ4n) is 3.57. The summed E-state index contributed by atoms with van der Waals surface area (Å²) in [6.07, 6.45) is -0.478. The molecule has 2 aliphatic heterocycles. The van der Waals surface area contributed by atoms with Gasteiger partial charge < -0.3 is 25.0 Å². The number of benzene rings is 2. The maximum Gasteiger partial charge on any atom is 0.243 e. The Morgan fingerprint density at radius 2 is 1.90 bits per heavy atom. The van der Waals surface area contributed by atoms with Crippen LogP contribution in [0.3, 0.4) is 0 Å². The lowest BCUT2D eigenvalue weighted by Crippen LogP contribution is -2.50. The van der Waals surface area contributed by atoms with Crippen molar-refractivity contribution in [1.82, 2.24) is 9.62 Å². The monoisotopic (exact) mass is 420 g/mol. The van der Waals surface area contributed by atoms with E-state index in [4.69, 9.17) is 9.47 Å². The van der Waals surface area contributed by atoms with Gasteiger partial charge in [-0.1, -0.05) is 24.3 Å². The van der Waals surface area contributed by atoms with Crippen LogP contribution in [0.5, 0.6) is 11.5 Å². The van der Waals surface area contributed by atoms with Gasteiger partial charge in [0.05, 0.1) is 11.0 Å². The lowest BCUT2D eigenvalue weighted by atomic mass is 10.0. The summed E-state index contributed by atoms with van der Waals surface area (Å²) in [5, 5.41) is 24.3. The highest BCUT2D eigenvalue weighted by atomic mass is 32.2. The molecule has 0 spiro atoms. The van der Waals surface area contributed by atoms with Crippen LogP contribution in [0.1, 0.15) is 5.56 Å². The average Bonchev–Trinajstić information content (AvgIpc) is 3.30. The summed E-state index contributed by atoms with van der Waals surface area (Å²) < 4.78 is 37.3. The Bertz CT molecular complexity index is 968. The van der Waals surface area contributed by atoms with Crippen LogP contribution in [-0.4, -0.2) is 67.6 Å². The molecular formula is C20H24N2O6S. The Kier molecular flexibility index (Phi) is 5.50. The van der Waals surface area contributed by atoms with Crippen molar-refractivity contribution in [3.63, 3.8) is 0 Å². The van der Waals surface area contributed by atoms with E-state index in [9.17, 15) is 18.6 Å². The minimum atomic E-state index is -3.76. The van der Waals surface area contributed by atoms with Gasteiger partial charge in [0.15, 0.2) is 11.5 Å². The molecule has 0 saturated carbocycles. The first-order valence-corrected chi connectivity index (χ1v) is 10.9. The van der Waals surface area contributed by atoms with Gasteiger partial charge in [-0.15, -0.1) is 0 Å². The van der Waals surface area contributed by atoms with E-state index >= 15 is 0 Å². The van der Waals surface area contributed by atoms with Crippen LogP contribution in [-0.2, 0) is 16.4 Å². The number of nitrogens with one attached hydrogen (secondary N) is 1. The molecule has 2 aromatic carbocycles. The van der Waals surface area contributed by atoms with Crippen molar-refractivity contribution in [2.45, 2.75) is 23.0 Å². The van der Waals surface area contributed by atoms with Crippen LogP contribution in [0.2, 0.25) is 0 Å². The second-order valence-corrected chi connectivity index (χ2v) is 9.28. The molecule has 29 heavy (non-hydrogen) atoms. The zero-order valence-electron chi connectivity index (χ0n) is 15.8. The summed E-state index contributed by atoms with van der Waals surface area (Å²) in [5.41, 5.74) is -0.495. The second kappa shape index (κ2) is 7.92. The lowest BCUT2D eigenvalue weighted by Gasteiger charge is -2.26. The number of aliphatic hydroxyl groups is 2. The lowest BCUT2D eigenvalue weighted by molar-refractivity contribution is -0.0380. The third kappa shape index (κ3) is 4.10. The molecule has 0 aromatic heterocycles. The van der Waals surface area contributed by atoms with Crippen LogP contribution >= 0.6 is 0 Å². The molecule has 2 heterocycles. The Morgan fingerprint density at radius 1 is 1.14 bits per heavy atom. The minimum Gasteiger partial charge on any atom is -0.454 e. The van der Waals surface area contributed by atoms with E-state index in [1.807, 2.05) is 18.2 Å². The number of hydrogen-bond acceptors (Lipinski definition) is 7. The standard InChI is InChI=1S/C20H24N2O6S/c23-19-11-22(29(25,26)16-4-2-1-3-5-16)13-20(19,24)12-21-9-8-15-6-7-17-18(10-15)28-14-27-17/h1-7,10,19,21,23-24H,8-9,11-14H2/t19-,20+/m1/s1. The summed E-state index contributed by atoms with van der Waals surface area (Å²) in [6, 6.07) is 13.7. The summed E-state index contributed by atoms with van der Waals surface area (Å²) in [5.74, 6) is 1.44. The van der Waals surface area contributed by atoms with E-state index in [1.165, 1.54) is 12.1 Å². The van der Waals surface area contributed by atoms with Crippen LogP contribution < -0.4 is 14.8 Å². The van der Waals surface area contributed by atoms with E-state index in [0.717, 1.165) is 15.6 Å². The van der Waals surface area contributed by atoms with Crippen molar-refractivity contribution in [3.8, 4) is 11.5 Å². The summed E-state index contributed by atoms with van der Waals surface area (Å²) in [7, 11) is -3.76. The molecule has 0 aliphatic carbocycles. The maximum absolute atomic E-state index is 12.7. The Hall–Kier alpha value is -2.17. The van der Waals surface area contributed by atoms with Crippen molar-refractivity contribution in [3.05, 3.63) is 54.1 Å². The molecule has 2 aromatic rings. The molecule has 4 rings (SSSR count). The molecule has 1 saturated heterocycles. The van der Waals surface area contributed by atoms with Crippen molar-refractivity contribution in [2.75, 3.05) is 33.0 Å². The fraction of sp³-hybridized carbons (Fsp3) is 0.400. The molecule has 0 bridgehead atoms. The number of sulfonamides is 1. The quantitative estimate of drug-likeness (QED) is 0.555. The number of fused-ring (bicyclic) bond motifs is 1. The van der Waals surface area contributed by atoms with Gasteiger partial charge in [-0.3, -0.25) is 0 Å². The minimum absolute atomic E-state index is 0.0829. The van der Waals surface area contributed by atoms with Gasteiger partial charge in [0.1, 0.15) is 5.60 Å². The number of rotatable bonds is 7. The van der Waals surface area contributed by atoms with Crippen LogP contribution in [0, 0.1) is 0 Å². The first kappa shape index (κ1) is 20.1. The van der Waals surface area contributed by atoms with Crippen molar-refractivity contribution in [2.24, 2.45) is 0 Å². The van der Waals surface area contributed by atoms with Crippen molar-refractivity contribution in [1.29, 1.82) is 0 Å². The number of aliphatic hydroxyl groups excluding tert-OH is 1. The van der Waals surface area contributed by atoms with Gasteiger partial charge >= 0.3 is 0 Å². The average molecular weight is 420 g/mol. The number of hydrogen-bond donors (Lipinski definition) is 3. The number of nitrogens with zero attached hydrogens (tertiary/aromatic N) is 1. The van der Waals surface area contributed by atoms with E-state index in [-0.39, 0.29) is 31.3 Å². The van der Waals surface area contributed by atoms with Gasteiger partial charge in [-0.2, -0.15) is 4.31 Å². The first-order valence-electron chi connectivity index (χ1n) is 9.43.